The van der Waals surface area contributed by atoms with Crippen molar-refractivity contribution in [1.29, 1.82) is 0 Å². The zero-order valence-corrected chi connectivity index (χ0v) is 20.8. The molecule has 218 valence electrons. The van der Waals surface area contributed by atoms with Crippen LogP contribution in [0.15, 0.2) is 42.2 Å². The van der Waals surface area contributed by atoms with E-state index in [0.29, 0.717) is 5.56 Å². The van der Waals surface area contributed by atoms with E-state index in [4.69, 9.17) is 18.9 Å². The molecular formula is C26H31O14+. The van der Waals surface area contributed by atoms with E-state index in [2.05, 4.69) is 4.74 Å². The van der Waals surface area contributed by atoms with Gasteiger partial charge in [0.25, 0.3) is 11.9 Å². The van der Waals surface area contributed by atoms with E-state index in [-0.39, 0.29) is 34.3 Å². The van der Waals surface area contributed by atoms with E-state index in [0.717, 1.165) is 6.07 Å². The van der Waals surface area contributed by atoms with Crippen LogP contribution >= 0.6 is 0 Å². The van der Waals surface area contributed by atoms with E-state index in [1.54, 1.807) is 12.1 Å². The molecule has 0 aromatic heterocycles. The largest absolute Gasteiger partial charge is 0.571 e. The third kappa shape index (κ3) is 5.41. The number of hydrogen-bond acceptors (Lipinski definition) is 13. The molecule has 10 N–H and O–H groups in total. The third-order valence-corrected chi connectivity index (χ3v) is 6.98. The standard InChI is InChI=1S/C26H30O14/c27-8-18-20(33)21(34)24(40-25-22(35)19(32)15(31)9-36-25)26(39-18)38-17-7-13-14(30)5-12(29)6-16(13)37-23(17)10-1-3-11(28)4-2-10/h1-7,15,18-35H,8-9H2/p+1/t15-,18+,19-,20+,21-,22+,23?,24-,25+,26-/m1/s1. The lowest BCUT2D eigenvalue weighted by atomic mass is 9.98. The average molecular weight is 568 g/mol. The lowest BCUT2D eigenvalue weighted by Gasteiger charge is -2.45. The number of aliphatic hydroxyl groups excluding tert-OH is 6. The van der Waals surface area contributed by atoms with Crippen molar-refractivity contribution in [3.05, 3.63) is 53.3 Å². The summed E-state index contributed by atoms with van der Waals surface area (Å²) in [5, 5.41) is 91.4. The summed E-state index contributed by atoms with van der Waals surface area (Å²) in [7, 11) is 0. The molecule has 0 radical (unpaired) electrons. The first-order valence-electron chi connectivity index (χ1n) is 12.4. The normalized spacial score (nSPS) is 35.8. The van der Waals surface area contributed by atoms with Gasteiger partial charge in [0.05, 0.1) is 24.8 Å². The van der Waals surface area contributed by atoms with E-state index in [9.17, 15) is 46.0 Å². The molecule has 0 amide bonds. The van der Waals surface area contributed by atoms with Crippen molar-refractivity contribution in [3.63, 3.8) is 0 Å². The minimum atomic E-state index is -1.73. The predicted molar refractivity (Wildman–Crippen MR) is 132 cm³/mol. The van der Waals surface area contributed by atoms with E-state index < -0.39 is 74.6 Å². The van der Waals surface area contributed by atoms with Crippen LogP contribution in [0.5, 0.6) is 23.0 Å². The maximum absolute atomic E-state index is 10.9. The molecule has 2 aromatic rings. The minimum absolute atomic E-state index is 0.00739. The van der Waals surface area contributed by atoms with Crippen molar-refractivity contribution in [2.24, 2.45) is 0 Å². The second-order valence-electron chi connectivity index (χ2n) is 9.74. The van der Waals surface area contributed by atoms with E-state index in [1.165, 1.54) is 24.3 Å². The number of rotatable bonds is 6. The van der Waals surface area contributed by atoms with Crippen molar-refractivity contribution < 1.29 is 69.6 Å². The summed E-state index contributed by atoms with van der Waals surface area (Å²) in [5.41, 5.74) is 0.715. The van der Waals surface area contributed by atoms with Crippen molar-refractivity contribution in [2.45, 2.75) is 61.4 Å². The summed E-state index contributed by atoms with van der Waals surface area (Å²) in [6, 6.07) is 8.42. The highest BCUT2D eigenvalue weighted by Crippen LogP contribution is 2.45. The second kappa shape index (κ2) is 11.4. The molecule has 0 aliphatic carbocycles. The summed E-state index contributed by atoms with van der Waals surface area (Å²) < 4.78 is 27.4. The van der Waals surface area contributed by atoms with Crippen LogP contribution in [0.2, 0.25) is 0 Å². The summed E-state index contributed by atoms with van der Waals surface area (Å²) in [4.78, 5) is 0. The Balaban J connectivity index is 1.50. The fraction of sp³-hybridized carbons (Fsp3) is 0.462. The monoisotopic (exact) mass is 567 g/mol. The number of aromatic hydroxyl groups is 4. The molecule has 2 fully saturated rings. The van der Waals surface area contributed by atoms with Gasteiger partial charge in [0, 0.05) is 12.1 Å². The zero-order chi connectivity index (χ0) is 28.7. The van der Waals surface area contributed by atoms with Gasteiger partial charge in [-0.3, -0.25) is 0 Å². The molecule has 5 rings (SSSR count). The summed E-state index contributed by atoms with van der Waals surface area (Å²) in [6.07, 6.45) is -13.6. The number of benzene rings is 2. The Hall–Kier alpha value is -3.18. The summed E-state index contributed by atoms with van der Waals surface area (Å²) >= 11 is 0. The molecule has 0 bridgehead atoms. The minimum Gasteiger partial charge on any atom is -0.571 e. The van der Waals surface area contributed by atoms with Gasteiger partial charge in [-0.25, -0.2) is 0 Å². The molecule has 2 saturated heterocycles. The summed E-state index contributed by atoms with van der Waals surface area (Å²) in [5.74, 6) is -0.259. The van der Waals surface area contributed by atoms with Crippen LogP contribution in [0.3, 0.4) is 0 Å². The van der Waals surface area contributed by atoms with Gasteiger partial charge in [0.15, 0.2) is 18.2 Å². The molecule has 14 nitrogen and oxygen atoms in total. The van der Waals surface area contributed by atoms with Gasteiger partial charge in [-0.15, -0.1) is 0 Å². The number of phenolic OH excluding ortho intramolecular Hbond substituents is 3. The van der Waals surface area contributed by atoms with Crippen LogP contribution in [0.4, 0.5) is 0 Å². The predicted octanol–water partition coefficient (Wildman–Crippen LogP) is -1.58. The fourth-order valence-corrected chi connectivity index (χ4v) is 4.76. The molecule has 10 atom stereocenters. The Bertz CT molecular complexity index is 1220. The van der Waals surface area contributed by atoms with Crippen LogP contribution in [-0.2, 0) is 18.9 Å². The Morgan fingerprint density at radius 2 is 1.57 bits per heavy atom. The fourth-order valence-electron chi connectivity index (χ4n) is 4.76. The van der Waals surface area contributed by atoms with Gasteiger partial charge < -0.3 is 69.6 Å². The zero-order valence-electron chi connectivity index (χ0n) is 20.8. The van der Waals surface area contributed by atoms with Crippen molar-refractivity contribution in [2.75, 3.05) is 13.2 Å². The van der Waals surface area contributed by atoms with Gasteiger partial charge >= 0.3 is 0 Å². The smallest absolute Gasteiger partial charge is 0.270 e. The molecule has 0 spiro atoms. The Morgan fingerprint density at radius 3 is 2.27 bits per heavy atom. The number of hydrogen-bond donors (Lipinski definition) is 9. The first-order chi connectivity index (χ1) is 19.1. The highest BCUT2D eigenvalue weighted by atomic mass is 16.8. The van der Waals surface area contributed by atoms with Crippen LogP contribution < -0.4 is 0 Å². The highest BCUT2D eigenvalue weighted by Gasteiger charge is 2.51. The summed E-state index contributed by atoms with van der Waals surface area (Å²) in [6.45, 7) is -1.10. The van der Waals surface area contributed by atoms with Crippen LogP contribution in [0, 0.1) is 0 Å². The first-order valence-corrected chi connectivity index (χ1v) is 12.4. The number of aliphatic hydroxyl groups is 7. The maximum Gasteiger partial charge on any atom is 0.270 e. The first kappa shape index (κ1) is 28.4. The Morgan fingerprint density at radius 1 is 0.850 bits per heavy atom. The number of ether oxygens (including phenoxy) is 5. The second-order valence-corrected chi connectivity index (χ2v) is 9.74. The van der Waals surface area contributed by atoms with Gasteiger partial charge in [-0.1, -0.05) is 0 Å². The lowest BCUT2D eigenvalue weighted by molar-refractivity contribution is -0.353. The molecule has 3 aliphatic heterocycles. The van der Waals surface area contributed by atoms with Gasteiger partial charge in [0.2, 0.25) is 6.29 Å². The van der Waals surface area contributed by atoms with Gasteiger partial charge in [-0.05, 0) is 24.3 Å². The molecule has 3 heterocycles. The molecule has 1 unspecified atom stereocenters. The topological polar surface area (TPSA) is 232 Å². The lowest BCUT2D eigenvalue weighted by Crippen LogP contribution is -2.63. The van der Waals surface area contributed by atoms with E-state index in [1.807, 2.05) is 0 Å². The molecule has 0 saturated carbocycles. The molecule has 14 heteroatoms. The quantitative estimate of drug-likeness (QED) is 0.180. The highest BCUT2D eigenvalue weighted by molar-refractivity contribution is 5.69. The number of phenols is 3. The Kier molecular flexibility index (Phi) is 8.05. The molecule has 3 aliphatic rings. The van der Waals surface area contributed by atoms with Crippen LogP contribution in [0.1, 0.15) is 17.2 Å². The van der Waals surface area contributed by atoms with Crippen LogP contribution in [0.25, 0.3) is 6.08 Å². The molecule has 2 aromatic carbocycles. The van der Waals surface area contributed by atoms with Crippen LogP contribution in [-0.4, -0.2) is 119 Å². The molecular weight excluding hydrogens is 536 g/mol. The number of fused-ring (bicyclic) bond motifs is 1. The SMILES string of the molecule is OC[C@@H]1O[C@@H](OC2=Cc3c(O)cc(O)cc3[OH+]C2c2ccc(O)cc2)[C@H](O[C@@H]2OC[C@@H](O)[C@@H](O)[C@@H]2O)[C@H](O)[C@H]1O. The van der Waals surface area contributed by atoms with Crippen molar-refractivity contribution in [3.8, 4) is 23.0 Å². The van der Waals surface area contributed by atoms with Crippen molar-refractivity contribution in [1.82, 2.24) is 0 Å². The average Bonchev–Trinajstić information content (AvgIpc) is 2.93. The Labute approximate surface area is 227 Å². The van der Waals surface area contributed by atoms with E-state index >= 15 is 0 Å². The third-order valence-electron chi connectivity index (χ3n) is 6.98. The van der Waals surface area contributed by atoms with Crippen molar-refractivity contribution >= 4 is 6.08 Å². The maximum atomic E-state index is 10.9. The molecule has 40 heavy (non-hydrogen) atoms. The van der Waals surface area contributed by atoms with Gasteiger partial charge in [-0.2, -0.15) is 0 Å². The van der Waals surface area contributed by atoms with Gasteiger partial charge in [0.1, 0.15) is 59.4 Å².